The molecule has 0 bridgehead atoms. The van der Waals surface area contributed by atoms with Gasteiger partial charge >= 0.3 is 5.97 Å². The van der Waals surface area contributed by atoms with Crippen LogP contribution in [0.5, 0.6) is 0 Å². The monoisotopic (exact) mass is 372 g/mol. The summed E-state index contributed by atoms with van der Waals surface area (Å²) in [5, 5.41) is 23.4. The number of nitrogens with one attached hydrogen (secondary N) is 2. The Labute approximate surface area is 152 Å². The van der Waals surface area contributed by atoms with E-state index in [1.807, 2.05) is 0 Å². The maximum absolute atomic E-state index is 12.6. The van der Waals surface area contributed by atoms with Gasteiger partial charge in [-0.3, -0.25) is 14.4 Å². The third-order valence-electron chi connectivity index (χ3n) is 4.28. The maximum atomic E-state index is 12.6. The van der Waals surface area contributed by atoms with E-state index in [0.29, 0.717) is 12.8 Å². The number of likely N-dealkylation sites (tertiary alicyclic amines) is 1. The van der Waals surface area contributed by atoms with E-state index in [-0.39, 0.29) is 12.5 Å². The van der Waals surface area contributed by atoms with Crippen LogP contribution in [0.4, 0.5) is 0 Å². The predicted octanol–water partition coefficient (Wildman–Crippen LogP) is -1.97. The topological polar surface area (TPSA) is 162 Å². The van der Waals surface area contributed by atoms with Crippen molar-refractivity contribution in [2.24, 2.45) is 11.7 Å². The van der Waals surface area contributed by atoms with Crippen LogP contribution in [0.15, 0.2) is 0 Å². The summed E-state index contributed by atoms with van der Waals surface area (Å²) in [5.41, 5.74) is 5.44. The van der Waals surface area contributed by atoms with Gasteiger partial charge < -0.3 is 31.5 Å². The van der Waals surface area contributed by atoms with Crippen LogP contribution in [0.3, 0.4) is 0 Å². The van der Waals surface area contributed by atoms with E-state index in [2.05, 4.69) is 10.6 Å². The molecule has 0 aliphatic carbocycles. The Bertz CT molecular complexity index is 551. The number of aliphatic hydroxyl groups excluding tert-OH is 1. The number of rotatable bonds is 8. The van der Waals surface area contributed by atoms with E-state index < -0.39 is 54.5 Å². The van der Waals surface area contributed by atoms with Gasteiger partial charge in [-0.2, -0.15) is 0 Å². The molecule has 1 heterocycles. The van der Waals surface area contributed by atoms with Gasteiger partial charge in [0.15, 0.2) is 0 Å². The summed E-state index contributed by atoms with van der Waals surface area (Å²) in [7, 11) is 0. The Kier molecular flexibility index (Phi) is 7.97. The summed E-state index contributed by atoms with van der Waals surface area (Å²) in [6.07, 6.45) is 0.935. The highest BCUT2D eigenvalue weighted by molar-refractivity contribution is 5.94. The van der Waals surface area contributed by atoms with Crippen molar-refractivity contribution >= 4 is 23.7 Å². The lowest BCUT2D eigenvalue weighted by atomic mass is 10.0. The lowest BCUT2D eigenvalue weighted by Crippen LogP contribution is -2.58. The molecule has 1 aliphatic heterocycles. The van der Waals surface area contributed by atoms with Gasteiger partial charge in [0.2, 0.25) is 17.7 Å². The lowest BCUT2D eigenvalue weighted by molar-refractivity contribution is -0.146. The fourth-order valence-corrected chi connectivity index (χ4v) is 2.75. The van der Waals surface area contributed by atoms with Gasteiger partial charge in [-0.25, -0.2) is 4.79 Å². The zero-order chi connectivity index (χ0) is 20.0. The summed E-state index contributed by atoms with van der Waals surface area (Å²) in [5.74, 6) is -3.23. The summed E-state index contributed by atoms with van der Waals surface area (Å²) < 4.78 is 0. The smallest absolute Gasteiger partial charge is 0.326 e. The number of aliphatic hydroxyl groups is 1. The zero-order valence-electron chi connectivity index (χ0n) is 15.3. The fourth-order valence-electron chi connectivity index (χ4n) is 2.75. The second-order valence-electron chi connectivity index (χ2n) is 6.79. The van der Waals surface area contributed by atoms with Crippen LogP contribution >= 0.6 is 0 Å². The normalized spacial score (nSPS) is 20.4. The molecule has 6 N–H and O–H groups in total. The molecule has 1 rings (SSSR count). The van der Waals surface area contributed by atoms with Gasteiger partial charge in [-0.05, 0) is 25.7 Å². The van der Waals surface area contributed by atoms with Crippen molar-refractivity contribution in [1.82, 2.24) is 15.5 Å². The average Bonchev–Trinajstić information content (AvgIpc) is 3.05. The first-order valence-electron chi connectivity index (χ1n) is 8.60. The number of carboxylic acid groups (broad SMARTS) is 1. The fraction of sp³-hybridized carbons (Fsp3) is 0.750. The summed E-state index contributed by atoms with van der Waals surface area (Å²) in [6.45, 7) is 4.43. The zero-order valence-corrected chi connectivity index (χ0v) is 15.3. The number of carbonyl (C=O) groups excluding carboxylic acids is 3. The van der Waals surface area contributed by atoms with Crippen LogP contribution in [0.1, 0.15) is 33.6 Å². The van der Waals surface area contributed by atoms with E-state index in [9.17, 15) is 29.4 Å². The molecule has 0 aromatic carbocycles. The molecule has 3 amide bonds. The van der Waals surface area contributed by atoms with Gasteiger partial charge in [0.25, 0.3) is 0 Å². The highest BCUT2D eigenvalue weighted by Crippen LogP contribution is 2.19. The maximum Gasteiger partial charge on any atom is 0.326 e. The van der Waals surface area contributed by atoms with E-state index in [1.54, 1.807) is 13.8 Å². The molecule has 4 unspecified atom stereocenters. The van der Waals surface area contributed by atoms with Crippen molar-refractivity contribution in [2.45, 2.75) is 57.8 Å². The molecule has 10 heteroatoms. The molecule has 0 radical (unpaired) electrons. The number of carbonyl (C=O) groups is 4. The minimum absolute atomic E-state index is 0.279. The molecular formula is C16H28N4O6. The van der Waals surface area contributed by atoms with Crippen LogP contribution in [0, 0.1) is 5.92 Å². The Balaban J connectivity index is 2.84. The van der Waals surface area contributed by atoms with E-state index in [0.717, 1.165) is 0 Å². The van der Waals surface area contributed by atoms with Crippen molar-refractivity contribution in [3.05, 3.63) is 0 Å². The standard InChI is InChI=1S/C16H28N4O6/c1-8(2)12(16(25)26)19-14(23)11-5-4-6-20(11)15(24)10(7-21)18-13(22)9(3)17/h8-12,21H,4-7,17H2,1-3H3,(H,18,22)(H,19,23)(H,25,26). The van der Waals surface area contributed by atoms with Crippen LogP contribution < -0.4 is 16.4 Å². The van der Waals surface area contributed by atoms with Gasteiger partial charge in [0, 0.05) is 6.54 Å². The van der Waals surface area contributed by atoms with Crippen molar-refractivity contribution in [2.75, 3.05) is 13.2 Å². The van der Waals surface area contributed by atoms with Crippen LogP contribution in [-0.4, -0.2) is 76.1 Å². The highest BCUT2D eigenvalue weighted by Gasteiger charge is 2.39. The predicted molar refractivity (Wildman–Crippen MR) is 91.8 cm³/mol. The Hall–Kier alpha value is -2.20. The number of aliphatic carboxylic acids is 1. The molecule has 1 saturated heterocycles. The molecule has 1 fully saturated rings. The SMILES string of the molecule is CC(N)C(=O)NC(CO)C(=O)N1CCCC1C(=O)NC(C(=O)O)C(C)C. The quantitative estimate of drug-likeness (QED) is 0.330. The van der Waals surface area contributed by atoms with Crippen molar-refractivity contribution in [3.63, 3.8) is 0 Å². The molecule has 148 valence electrons. The summed E-state index contributed by atoms with van der Waals surface area (Å²) >= 11 is 0. The molecule has 0 aromatic heterocycles. The first kappa shape index (κ1) is 21.8. The first-order valence-corrected chi connectivity index (χ1v) is 8.60. The van der Waals surface area contributed by atoms with Crippen LogP contribution in [0.2, 0.25) is 0 Å². The number of carboxylic acids is 1. The second kappa shape index (κ2) is 9.48. The van der Waals surface area contributed by atoms with E-state index in [4.69, 9.17) is 5.73 Å². The molecule has 0 saturated carbocycles. The molecule has 0 aromatic rings. The Morgan fingerprint density at radius 2 is 1.81 bits per heavy atom. The number of nitrogens with zero attached hydrogens (tertiary/aromatic N) is 1. The van der Waals surface area contributed by atoms with E-state index >= 15 is 0 Å². The van der Waals surface area contributed by atoms with Crippen molar-refractivity contribution in [3.8, 4) is 0 Å². The molecule has 26 heavy (non-hydrogen) atoms. The van der Waals surface area contributed by atoms with Gasteiger partial charge in [0.05, 0.1) is 12.6 Å². The minimum atomic E-state index is -1.21. The molecule has 10 nitrogen and oxygen atoms in total. The number of amides is 3. The minimum Gasteiger partial charge on any atom is -0.480 e. The highest BCUT2D eigenvalue weighted by atomic mass is 16.4. The van der Waals surface area contributed by atoms with E-state index in [1.165, 1.54) is 11.8 Å². The lowest BCUT2D eigenvalue weighted by Gasteiger charge is -2.29. The van der Waals surface area contributed by atoms with Crippen LogP contribution in [0.25, 0.3) is 0 Å². The molecule has 1 aliphatic rings. The average molecular weight is 372 g/mol. The van der Waals surface area contributed by atoms with Gasteiger partial charge in [0.1, 0.15) is 18.1 Å². The summed E-state index contributed by atoms with van der Waals surface area (Å²) in [6, 6.07) is -3.96. The third-order valence-corrected chi connectivity index (χ3v) is 4.28. The number of nitrogens with two attached hydrogens (primary N) is 1. The third kappa shape index (κ3) is 5.40. The Morgan fingerprint density at radius 1 is 1.19 bits per heavy atom. The molecular weight excluding hydrogens is 344 g/mol. The van der Waals surface area contributed by atoms with Crippen molar-refractivity contribution < 1.29 is 29.4 Å². The van der Waals surface area contributed by atoms with Gasteiger partial charge in [-0.1, -0.05) is 13.8 Å². The second-order valence-corrected chi connectivity index (χ2v) is 6.79. The molecule has 4 atom stereocenters. The number of hydrogen-bond acceptors (Lipinski definition) is 6. The molecule has 0 spiro atoms. The number of hydrogen-bond donors (Lipinski definition) is 5. The van der Waals surface area contributed by atoms with Gasteiger partial charge in [-0.15, -0.1) is 0 Å². The first-order chi connectivity index (χ1) is 12.1. The largest absolute Gasteiger partial charge is 0.480 e. The van der Waals surface area contributed by atoms with Crippen molar-refractivity contribution in [1.29, 1.82) is 0 Å². The van der Waals surface area contributed by atoms with Crippen LogP contribution in [-0.2, 0) is 19.2 Å². The Morgan fingerprint density at radius 3 is 2.27 bits per heavy atom. The summed E-state index contributed by atoms with van der Waals surface area (Å²) in [4.78, 5) is 49.3.